The third-order valence-electron chi connectivity index (χ3n) is 3.56. The van der Waals surface area contributed by atoms with Gasteiger partial charge < -0.3 is 9.47 Å². The molecule has 0 atom stereocenters. The Bertz CT molecular complexity index is 850. The monoisotopic (exact) mass is 408 g/mol. The van der Waals surface area contributed by atoms with Crippen molar-refractivity contribution in [2.75, 3.05) is 31.5 Å². The van der Waals surface area contributed by atoms with Crippen molar-refractivity contribution in [3.63, 3.8) is 0 Å². The summed E-state index contributed by atoms with van der Waals surface area (Å²) in [6, 6.07) is 9.13. The molecule has 0 saturated heterocycles. The van der Waals surface area contributed by atoms with Crippen LogP contribution >= 0.6 is 34.7 Å². The number of hydrogen-bond donors (Lipinski definition) is 0. The predicted molar refractivity (Wildman–Crippen MR) is 110 cm³/mol. The number of amidine groups is 1. The molecule has 8 heteroatoms. The molecule has 0 N–H and O–H groups in total. The summed E-state index contributed by atoms with van der Waals surface area (Å²) >= 11 is 9.26. The summed E-state index contributed by atoms with van der Waals surface area (Å²) in [4.78, 5) is 20.1. The molecule has 0 unspecified atom stereocenters. The highest BCUT2D eigenvalue weighted by Crippen LogP contribution is 2.34. The number of ether oxygens (including phenoxy) is 2. The number of methoxy groups -OCH3 is 2. The second kappa shape index (κ2) is 8.73. The van der Waals surface area contributed by atoms with Gasteiger partial charge >= 0.3 is 0 Å². The van der Waals surface area contributed by atoms with Gasteiger partial charge in [-0.1, -0.05) is 29.4 Å². The van der Waals surface area contributed by atoms with Crippen molar-refractivity contribution in [2.24, 2.45) is 4.99 Å². The molecule has 0 aliphatic carbocycles. The quantitative estimate of drug-likeness (QED) is 0.520. The van der Waals surface area contributed by atoms with E-state index in [1.54, 1.807) is 54.7 Å². The van der Waals surface area contributed by atoms with Gasteiger partial charge in [0.1, 0.15) is 11.4 Å². The van der Waals surface area contributed by atoms with Crippen LogP contribution in [0.15, 0.2) is 46.4 Å². The van der Waals surface area contributed by atoms with E-state index in [0.717, 1.165) is 4.88 Å². The molecule has 1 aromatic heterocycles. The van der Waals surface area contributed by atoms with E-state index in [9.17, 15) is 4.79 Å². The Labute approximate surface area is 165 Å². The van der Waals surface area contributed by atoms with E-state index in [0.29, 0.717) is 39.7 Å². The highest BCUT2D eigenvalue weighted by molar-refractivity contribution is 8.14. The topological polar surface area (TPSA) is 51.1 Å². The molecule has 0 fully saturated rings. The molecule has 0 radical (unpaired) electrons. The minimum absolute atomic E-state index is 0.181. The maximum absolute atomic E-state index is 13.0. The SMILES string of the molecule is COCCSC1=N/C(=C\c2cccs2)C(=O)N1c1ccc(OC)c(Cl)c1. The number of amides is 1. The zero-order valence-corrected chi connectivity index (χ0v) is 16.7. The van der Waals surface area contributed by atoms with E-state index < -0.39 is 0 Å². The van der Waals surface area contributed by atoms with Crippen molar-refractivity contribution in [1.29, 1.82) is 0 Å². The number of thiophene rings is 1. The van der Waals surface area contributed by atoms with Crippen LogP contribution in [0.3, 0.4) is 0 Å². The standard InChI is InChI=1S/C18H17ClN2O3S2/c1-23-7-9-26-18-20-15(11-13-4-3-8-25-13)17(22)21(18)12-5-6-16(24-2)14(19)10-12/h3-6,8,10-11H,7,9H2,1-2H3/b15-11-. The molecular formula is C18H17ClN2O3S2. The Hall–Kier alpha value is -1.80. The van der Waals surface area contributed by atoms with Gasteiger partial charge in [0, 0.05) is 17.7 Å². The van der Waals surface area contributed by atoms with Gasteiger partial charge in [-0.2, -0.15) is 0 Å². The van der Waals surface area contributed by atoms with Crippen molar-refractivity contribution in [2.45, 2.75) is 0 Å². The Morgan fingerprint density at radius 1 is 1.35 bits per heavy atom. The molecule has 136 valence electrons. The third kappa shape index (κ3) is 4.12. The molecule has 1 aliphatic rings. The minimum atomic E-state index is -0.181. The van der Waals surface area contributed by atoms with Gasteiger partial charge in [0.05, 0.1) is 24.4 Å². The molecule has 0 spiro atoms. The number of halogens is 1. The normalized spacial score (nSPS) is 15.7. The Kier molecular flexibility index (Phi) is 6.37. The van der Waals surface area contributed by atoms with Gasteiger partial charge in [0.2, 0.25) is 0 Å². The predicted octanol–water partition coefficient (Wildman–Crippen LogP) is 4.53. The molecule has 1 aliphatic heterocycles. The van der Waals surface area contributed by atoms with E-state index >= 15 is 0 Å². The van der Waals surface area contributed by atoms with Crippen LogP contribution in [0, 0.1) is 0 Å². The fourth-order valence-corrected chi connectivity index (χ4v) is 4.16. The van der Waals surface area contributed by atoms with Crippen molar-refractivity contribution in [3.8, 4) is 5.75 Å². The molecule has 1 aromatic carbocycles. The smallest absolute Gasteiger partial charge is 0.283 e. The van der Waals surface area contributed by atoms with Crippen LogP contribution < -0.4 is 9.64 Å². The van der Waals surface area contributed by atoms with E-state index in [2.05, 4.69) is 4.99 Å². The fourth-order valence-electron chi connectivity index (χ4n) is 2.34. The number of carbonyl (C=O) groups excluding carboxylic acids is 1. The first-order valence-electron chi connectivity index (χ1n) is 7.77. The van der Waals surface area contributed by atoms with Crippen LogP contribution in [0.1, 0.15) is 4.88 Å². The van der Waals surface area contributed by atoms with Crippen molar-refractivity contribution in [1.82, 2.24) is 0 Å². The molecule has 26 heavy (non-hydrogen) atoms. The fraction of sp³-hybridized carbons (Fsp3) is 0.222. The van der Waals surface area contributed by atoms with E-state index in [4.69, 9.17) is 21.1 Å². The molecule has 0 saturated carbocycles. The first kappa shape index (κ1) is 19.0. The number of thioether (sulfide) groups is 1. The van der Waals surface area contributed by atoms with Gasteiger partial charge in [-0.05, 0) is 35.7 Å². The first-order valence-corrected chi connectivity index (χ1v) is 10.0. The summed E-state index contributed by atoms with van der Waals surface area (Å²) in [5.74, 6) is 1.07. The maximum atomic E-state index is 13.0. The summed E-state index contributed by atoms with van der Waals surface area (Å²) in [6.45, 7) is 0.569. The van der Waals surface area contributed by atoms with Crippen molar-refractivity contribution < 1.29 is 14.3 Å². The first-order chi connectivity index (χ1) is 12.6. The number of carbonyl (C=O) groups is 1. The molecule has 1 amide bonds. The van der Waals surface area contributed by atoms with Crippen molar-refractivity contribution >= 4 is 57.5 Å². The van der Waals surface area contributed by atoms with Crippen LogP contribution in [-0.2, 0) is 9.53 Å². The van der Waals surface area contributed by atoms with Gasteiger partial charge in [0.25, 0.3) is 5.91 Å². The molecule has 2 heterocycles. The van der Waals surface area contributed by atoms with Gasteiger partial charge in [-0.15, -0.1) is 11.3 Å². The third-order valence-corrected chi connectivity index (χ3v) is 5.58. The van der Waals surface area contributed by atoms with Crippen molar-refractivity contribution in [3.05, 3.63) is 51.3 Å². The average Bonchev–Trinajstić information content (AvgIpc) is 3.24. The summed E-state index contributed by atoms with van der Waals surface area (Å²) < 4.78 is 10.3. The lowest BCUT2D eigenvalue weighted by molar-refractivity contribution is -0.113. The Morgan fingerprint density at radius 3 is 2.85 bits per heavy atom. The van der Waals surface area contributed by atoms with E-state index in [1.807, 2.05) is 17.5 Å². The lowest BCUT2D eigenvalue weighted by Gasteiger charge is -2.18. The highest BCUT2D eigenvalue weighted by atomic mass is 35.5. The zero-order chi connectivity index (χ0) is 18.5. The molecular weight excluding hydrogens is 392 g/mol. The van der Waals surface area contributed by atoms with Gasteiger partial charge in [-0.3, -0.25) is 9.69 Å². The van der Waals surface area contributed by atoms with Gasteiger partial charge in [-0.25, -0.2) is 4.99 Å². The summed E-state index contributed by atoms with van der Waals surface area (Å²) in [6.07, 6.45) is 1.80. The Balaban J connectivity index is 1.94. The minimum Gasteiger partial charge on any atom is -0.495 e. The van der Waals surface area contributed by atoms with Crippen LogP contribution in [0.25, 0.3) is 6.08 Å². The molecule has 5 nitrogen and oxygen atoms in total. The van der Waals surface area contributed by atoms with E-state index in [-0.39, 0.29) is 5.91 Å². The average molecular weight is 409 g/mol. The lowest BCUT2D eigenvalue weighted by atomic mass is 10.2. The van der Waals surface area contributed by atoms with Crippen LogP contribution in [0.2, 0.25) is 5.02 Å². The van der Waals surface area contributed by atoms with Crippen LogP contribution in [0.4, 0.5) is 5.69 Å². The lowest BCUT2D eigenvalue weighted by Crippen LogP contribution is -2.30. The van der Waals surface area contributed by atoms with Gasteiger partial charge in [0.15, 0.2) is 5.17 Å². The van der Waals surface area contributed by atoms with E-state index in [1.165, 1.54) is 11.8 Å². The molecule has 0 bridgehead atoms. The maximum Gasteiger partial charge on any atom is 0.283 e. The number of benzene rings is 1. The second-order valence-corrected chi connectivity index (χ2v) is 7.69. The van der Waals surface area contributed by atoms with Crippen LogP contribution in [0.5, 0.6) is 5.75 Å². The molecule has 3 rings (SSSR count). The summed E-state index contributed by atoms with van der Waals surface area (Å²) in [5.41, 5.74) is 1.05. The molecule has 2 aromatic rings. The summed E-state index contributed by atoms with van der Waals surface area (Å²) in [5, 5.41) is 3.01. The number of rotatable bonds is 6. The highest BCUT2D eigenvalue weighted by Gasteiger charge is 2.32. The Morgan fingerprint density at radius 2 is 2.19 bits per heavy atom. The summed E-state index contributed by atoms with van der Waals surface area (Å²) in [7, 11) is 3.20. The number of hydrogen-bond acceptors (Lipinski definition) is 6. The van der Waals surface area contributed by atoms with Crippen LogP contribution in [-0.4, -0.2) is 37.7 Å². The number of nitrogens with zero attached hydrogens (tertiary/aromatic N) is 2. The zero-order valence-electron chi connectivity index (χ0n) is 14.3. The number of anilines is 1. The number of aliphatic imine (C=N–C) groups is 1. The second-order valence-electron chi connectivity index (χ2n) is 5.24. The largest absolute Gasteiger partial charge is 0.495 e.